The summed E-state index contributed by atoms with van der Waals surface area (Å²) >= 11 is 0. The lowest BCUT2D eigenvalue weighted by Gasteiger charge is -1.96. The Hall–Kier alpha value is -2.11. The molecule has 2 heterocycles. The van der Waals surface area contributed by atoms with Crippen molar-refractivity contribution in [3.8, 4) is 23.5 Å². The molecule has 0 aliphatic rings. The first kappa shape index (κ1) is 8.49. The van der Waals surface area contributed by atoms with Crippen molar-refractivity contribution in [3.05, 3.63) is 18.0 Å². The normalized spacial score (nSPS) is 10.4. The van der Waals surface area contributed by atoms with Gasteiger partial charge in [-0.05, 0) is 6.92 Å². The minimum absolute atomic E-state index is 0.0515. The molecule has 0 aliphatic heterocycles. The van der Waals surface area contributed by atoms with Crippen LogP contribution in [0.2, 0.25) is 0 Å². The van der Waals surface area contributed by atoms with Crippen LogP contribution in [0.1, 0.15) is 5.69 Å². The second kappa shape index (κ2) is 2.99. The largest absolute Gasteiger partial charge is 0.493 e. The Bertz CT molecular complexity index is 446. The summed E-state index contributed by atoms with van der Waals surface area (Å²) in [4.78, 5) is 11.2. The van der Waals surface area contributed by atoms with Crippen molar-refractivity contribution in [1.82, 2.24) is 15.0 Å². The van der Waals surface area contributed by atoms with Gasteiger partial charge in [-0.2, -0.15) is 9.97 Å². The van der Waals surface area contributed by atoms with E-state index in [0.717, 1.165) is 6.07 Å². The first-order chi connectivity index (χ1) is 6.65. The Morgan fingerprint density at radius 1 is 1.14 bits per heavy atom. The summed E-state index contributed by atoms with van der Waals surface area (Å²) in [6.07, 6.45) is 1.43. The molecule has 0 bridgehead atoms. The highest BCUT2D eigenvalue weighted by molar-refractivity contribution is 5.43. The monoisotopic (exact) mass is 193 g/mol. The Morgan fingerprint density at radius 3 is 2.29 bits per heavy atom. The van der Waals surface area contributed by atoms with Crippen LogP contribution >= 0.6 is 0 Å². The summed E-state index contributed by atoms with van der Waals surface area (Å²) < 4.78 is 5.00. The van der Waals surface area contributed by atoms with E-state index in [1.165, 1.54) is 6.26 Å². The summed E-state index contributed by atoms with van der Waals surface area (Å²) in [6, 6.07) is 1.03. The Labute approximate surface area is 78.9 Å². The van der Waals surface area contributed by atoms with Gasteiger partial charge in [-0.3, -0.25) is 0 Å². The average molecular weight is 193 g/mol. The Kier molecular flexibility index (Phi) is 1.81. The van der Waals surface area contributed by atoms with Crippen LogP contribution < -0.4 is 0 Å². The summed E-state index contributed by atoms with van der Waals surface area (Å²) in [7, 11) is 0. The van der Waals surface area contributed by atoms with E-state index >= 15 is 0 Å². The molecule has 0 aromatic carbocycles. The van der Waals surface area contributed by atoms with E-state index in [0.29, 0.717) is 5.69 Å². The third-order valence-electron chi connectivity index (χ3n) is 1.51. The number of hydrogen-bond acceptors (Lipinski definition) is 6. The van der Waals surface area contributed by atoms with Crippen molar-refractivity contribution >= 4 is 0 Å². The summed E-state index contributed by atoms with van der Waals surface area (Å²) in [5.41, 5.74) is 0.673. The zero-order valence-electron chi connectivity index (χ0n) is 7.30. The van der Waals surface area contributed by atoms with Crippen LogP contribution in [0.25, 0.3) is 11.7 Å². The SMILES string of the molecule is Cc1coc(-c2nc(O)cc(O)n2)n1. The molecule has 6 nitrogen and oxygen atoms in total. The standard InChI is InChI=1S/C8H7N3O3/c1-4-3-14-8(9-4)7-10-5(12)2-6(13)11-7/h2-3H,1H3,(H2,10,11,12,13). The van der Waals surface area contributed by atoms with Gasteiger partial charge in [0.15, 0.2) is 0 Å². The minimum atomic E-state index is -0.330. The van der Waals surface area contributed by atoms with Crippen LogP contribution in [-0.2, 0) is 0 Å². The van der Waals surface area contributed by atoms with E-state index in [4.69, 9.17) is 14.6 Å². The van der Waals surface area contributed by atoms with Gasteiger partial charge in [-0.15, -0.1) is 0 Å². The molecule has 0 unspecified atom stereocenters. The van der Waals surface area contributed by atoms with Crippen LogP contribution in [0, 0.1) is 6.92 Å². The highest BCUT2D eigenvalue weighted by atomic mass is 16.3. The van der Waals surface area contributed by atoms with Crippen molar-refractivity contribution in [2.24, 2.45) is 0 Å². The number of nitrogens with zero attached hydrogens (tertiary/aromatic N) is 3. The van der Waals surface area contributed by atoms with Crippen LogP contribution in [0.4, 0.5) is 0 Å². The van der Waals surface area contributed by atoms with Crippen LogP contribution in [-0.4, -0.2) is 25.2 Å². The smallest absolute Gasteiger partial charge is 0.265 e. The molecule has 0 spiro atoms. The molecular formula is C8H7N3O3. The number of aryl methyl sites for hydroxylation is 1. The van der Waals surface area contributed by atoms with Gasteiger partial charge in [0.05, 0.1) is 11.8 Å². The number of aromatic hydroxyl groups is 2. The lowest BCUT2D eigenvalue weighted by Crippen LogP contribution is -1.89. The van der Waals surface area contributed by atoms with Gasteiger partial charge in [0.1, 0.15) is 6.26 Å². The van der Waals surface area contributed by atoms with Gasteiger partial charge in [0, 0.05) is 0 Å². The lowest BCUT2D eigenvalue weighted by molar-refractivity contribution is 0.420. The highest BCUT2D eigenvalue weighted by Gasteiger charge is 2.10. The highest BCUT2D eigenvalue weighted by Crippen LogP contribution is 2.20. The summed E-state index contributed by atoms with van der Waals surface area (Å²) in [6.45, 7) is 1.75. The summed E-state index contributed by atoms with van der Waals surface area (Å²) in [5.74, 6) is -0.448. The molecule has 2 N–H and O–H groups in total. The van der Waals surface area contributed by atoms with Crippen molar-refractivity contribution in [1.29, 1.82) is 0 Å². The Morgan fingerprint density at radius 2 is 1.79 bits per heavy atom. The maximum absolute atomic E-state index is 9.08. The van der Waals surface area contributed by atoms with E-state index in [-0.39, 0.29) is 23.5 Å². The average Bonchev–Trinajstić information content (AvgIpc) is 2.50. The number of oxazole rings is 1. The first-order valence-corrected chi connectivity index (χ1v) is 3.84. The van der Waals surface area contributed by atoms with Gasteiger partial charge >= 0.3 is 0 Å². The summed E-state index contributed by atoms with van der Waals surface area (Å²) in [5, 5.41) is 18.2. The number of rotatable bonds is 1. The zero-order chi connectivity index (χ0) is 10.1. The molecule has 2 rings (SSSR count). The molecular weight excluding hydrogens is 186 g/mol. The topological polar surface area (TPSA) is 92.3 Å². The van der Waals surface area contributed by atoms with E-state index in [1.54, 1.807) is 6.92 Å². The molecule has 0 saturated carbocycles. The quantitative estimate of drug-likeness (QED) is 0.697. The fourth-order valence-electron chi connectivity index (χ4n) is 0.974. The van der Waals surface area contributed by atoms with E-state index in [9.17, 15) is 0 Å². The lowest BCUT2D eigenvalue weighted by atomic mass is 10.5. The molecule has 0 amide bonds. The third kappa shape index (κ3) is 1.49. The fraction of sp³-hybridized carbons (Fsp3) is 0.125. The second-order valence-electron chi connectivity index (χ2n) is 2.70. The molecule has 6 heteroatoms. The van der Waals surface area contributed by atoms with Crippen molar-refractivity contribution in [3.63, 3.8) is 0 Å². The molecule has 0 atom stereocenters. The van der Waals surface area contributed by atoms with E-state index in [2.05, 4.69) is 15.0 Å². The van der Waals surface area contributed by atoms with Gasteiger partial charge in [0.25, 0.3) is 5.89 Å². The van der Waals surface area contributed by atoms with Crippen molar-refractivity contribution in [2.75, 3.05) is 0 Å². The minimum Gasteiger partial charge on any atom is -0.493 e. The molecule has 2 aromatic rings. The van der Waals surface area contributed by atoms with Crippen molar-refractivity contribution < 1.29 is 14.6 Å². The maximum atomic E-state index is 9.08. The van der Waals surface area contributed by atoms with Crippen LogP contribution in [0.3, 0.4) is 0 Å². The molecule has 72 valence electrons. The predicted molar refractivity (Wildman–Crippen MR) is 45.6 cm³/mol. The third-order valence-corrected chi connectivity index (χ3v) is 1.51. The van der Waals surface area contributed by atoms with E-state index in [1.807, 2.05) is 0 Å². The molecule has 0 saturated heterocycles. The van der Waals surface area contributed by atoms with Crippen molar-refractivity contribution in [2.45, 2.75) is 6.92 Å². The first-order valence-electron chi connectivity index (χ1n) is 3.84. The second-order valence-corrected chi connectivity index (χ2v) is 2.70. The van der Waals surface area contributed by atoms with Crippen LogP contribution in [0.5, 0.6) is 11.8 Å². The Balaban J connectivity index is 2.51. The zero-order valence-corrected chi connectivity index (χ0v) is 7.30. The molecule has 2 aromatic heterocycles. The molecule has 0 aliphatic carbocycles. The van der Waals surface area contributed by atoms with Gasteiger partial charge < -0.3 is 14.6 Å². The maximum Gasteiger partial charge on any atom is 0.265 e. The molecule has 0 radical (unpaired) electrons. The van der Waals surface area contributed by atoms with Gasteiger partial charge in [-0.25, -0.2) is 4.98 Å². The van der Waals surface area contributed by atoms with Crippen LogP contribution in [0.15, 0.2) is 16.7 Å². The molecule has 14 heavy (non-hydrogen) atoms. The number of aromatic nitrogens is 3. The van der Waals surface area contributed by atoms with Gasteiger partial charge in [-0.1, -0.05) is 0 Å². The predicted octanol–water partition coefficient (Wildman–Crippen LogP) is 0.851. The van der Waals surface area contributed by atoms with E-state index < -0.39 is 0 Å². The van der Waals surface area contributed by atoms with Gasteiger partial charge in [0.2, 0.25) is 17.6 Å². The fourth-order valence-corrected chi connectivity index (χ4v) is 0.974. The number of hydrogen-bond donors (Lipinski definition) is 2. The molecule has 0 fully saturated rings.